The molecule has 1 atom stereocenters. The van der Waals surface area contributed by atoms with Gasteiger partial charge in [0, 0.05) is 12.1 Å². The van der Waals surface area contributed by atoms with Gasteiger partial charge >= 0.3 is 0 Å². The lowest BCUT2D eigenvalue weighted by Gasteiger charge is -2.30. The molecule has 2 N–H and O–H groups in total. The summed E-state index contributed by atoms with van der Waals surface area (Å²) in [5.74, 6) is 1.33. The summed E-state index contributed by atoms with van der Waals surface area (Å²) >= 11 is 0. The largest absolute Gasteiger partial charge is 0.493 e. The Bertz CT molecular complexity index is 535. The van der Waals surface area contributed by atoms with E-state index in [-0.39, 0.29) is 17.5 Å². The number of carbonyl (C=O) groups is 1. The van der Waals surface area contributed by atoms with E-state index in [1.165, 1.54) is 0 Å². The zero-order valence-corrected chi connectivity index (χ0v) is 13.4. The highest BCUT2D eigenvalue weighted by atomic mass is 16.5. The third kappa shape index (κ3) is 3.47. The van der Waals surface area contributed by atoms with Crippen molar-refractivity contribution in [1.29, 1.82) is 0 Å². The summed E-state index contributed by atoms with van der Waals surface area (Å²) in [4.78, 5) is 12.5. The van der Waals surface area contributed by atoms with Gasteiger partial charge < -0.3 is 20.1 Å². The molecule has 0 spiro atoms. The molecule has 5 heteroatoms. The SMILES string of the molecule is COc1cc2c(cc1OC)C(C(=O)NC(C)(C)C)NCC2. The normalized spacial score (nSPS) is 17.9. The second-order valence-electron chi connectivity index (χ2n) is 6.28. The van der Waals surface area contributed by atoms with Crippen molar-refractivity contribution < 1.29 is 14.3 Å². The van der Waals surface area contributed by atoms with Crippen LogP contribution >= 0.6 is 0 Å². The lowest BCUT2D eigenvalue weighted by Crippen LogP contribution is -2.48. The molecule has 1 heterocycles. The Labute approximate surface area is 126 Å². The van der Waals surface area contributed by atoms with Gasteiger partial charge in [-0.1, -0.05) is 0 Å². The first-order chi connectivity index (χ1) is 9.85. The summed E-state index contributed by atoms with van der Waals surface area (Å²) in [7, 11) is 3.22. The van der Waals surface area contributed by atoms with Crippen molar-refractivity contribution in [3.8, 4) is 11.5 Å². The first kappa shape index (κ1) is 15.6. The molecule has 5 nitrogen and oxygen atoms in total. The number of benzene rings is 1. The predicted octanol–water partition coefficient (Wildman–Crippen LogP) is 1.81. The van der Waals surface area contributed by atoms with Crippen LogP contribution in [0.3, 0.4) is 0 Å². The summed E-state index contributed by atoms with van der Waals surface area (Å²) in [6.07, 6.45) is 0.870. The van der Waals surface area contributed by atoms with Crippen LogP contribution in [0.5, 0.6) is 11.5 Å². The minimum Gasteiger partial charge on any atom is -0.493 e. The molecule has 1 aromatic carbocycles. The molecule has 0 bridgehead atoms. The fourth-order valence-electron chi connectivity index (χ4n) is 2.56. The molecule has 1 aromatic rings. The van der Waals surface area contributed by atoms with Gasteiger partial charge in [0.15, 0.2) is 11.5 Å². The molecule has 1 aliphatic rings. The van der Waals surface area contributed by atoms with Gasteiger partial charge in [0.25, 0.3) is 0 Å². The number of fused-ring (bicyclic) bond motifs is 1. The van der Waals surface area contributed by atoms with Crippen LogP contribution in [0.1, 0.15) is 37.9 Å². The molecule has 0 fully saturated rings. The Hall–Kier alpha value is -1.75. The molecule has 0 radical (unpaired) electrons. The lowest BCUT2D eigenvalue weighted by atomic mass is 9.92. The van der Waals surface area contributed by atoms with Gasteiger partial charge in [-0.15, -0.1) is 0 Å². The molecular formula is C16H24N2O3. The standard InChI is InChI=1S/C16H24N2O3/c1-16(2,3)18-15(19)14-11-9-13(21-5)12(20-4)8-10(11)6-7-17-14/h8-9,14,17H,6-7H2,1-5H3,(H,18,19). The van der Waals surface area contributed by atoms with Crippen LogP contribution in [0.4, 0.5) is 0 Å². The fourth-order valence-corrected chi connectivity index (χ4v) is 2.56. The summed E-state index contributed by atoms with van der Waals surface area (Å²) < 4.78 is 10.7. The van der Waals surface area contributed by atoms with Crippen molar-refractivity contribution in [2.75, 3.05) is 20.8 Å². The second kappa shape index (κ2) is 5.93. The third-order valence-electron chi connectivity index (χ3n) is 3.46. The number of methoxy groups -OCH3 is 2. The first-order valence-corrected chi connectivity index (χ1v) is 7.16. The molecule has 1 aliphatic heterocycles. The van der Waals surface area contributed by atoms with Gasteiger partial charge in [-0.25, -0.2) is 0 Å². The van der Waals surface area contributed by atoms with E-state index in [2.05, 4.69) is 10.6 Å². The van der Waals surface area contributed by atoms with Crippen LogP contribution < -0.4 is 20.1 Å². The van der Waals surface area contributed by atoms with Gasteiger partial charge in [-0.05, 0) is 50.5 Å². The highest BCUT2D eigenvalue weighted by Gasteiger charge is 2.29. The van der Waals surface area contributed by atoms with Crippen molar-refractivity contribution in [1.82, 2.24) is 10.6 Å². The van der Waals surface area contributed by atoms with Gasteiger partial charge in [0.1, 0.15) is 6.04 Å². The molecular weight excluding hydrogens is 268 g/mol. The van der Waals surface area contributed by atoms with Crippen molar-refractivity contribution in [3.63, 3.8) is 0 Å². The van der Waals surface area contributed by atoms with E-state index in [0.29, 0.717) is 11.5 Å². The average molecular weight is 292 g/mol. The van der Waals surface area contributed by atoms with E-state index in [9.17, 15) is 4.79 Å². The lowest BCUT2D eigenvalue weighted by molar-refractivity contribution is -0.124. The Morgan fingerprint density at radius 2 is 1.86 bits per heavy atom. The maximum Gasteiger partial charge on any atom is 0.242 e. The van der Waals surface area contributed by atoms with Crippen molar-refractivity contribution in [2.24, 2.45) is 0 Å². The fraction of sp³-hybridized carbons (Fsp3) is 0.562. The van der Waals surface area contributed by atoms with E-state index in [1.54, 1.807) is 14.2 Å². The molecule has 116 valence electrons. The van der Waals surface area contributed by atoms with Gasteiger partial charge in [0.2, 0.25) is 5.91 Å². The monoisotopic (exact) mass is 292 g/mol. The molecule has 1 unspecified atom stereocenters. The number of hydrogen-bond donors (Lipinski definition) is 2. The van der Waals surface area contributed by atoms with E-state index in [1.807, 2.05) is 32.9 Å². The topological polar surface area (TPSA) is 59.6 Å². The summed E-state index contributed by atoms with van der Waals surface area (Å²) in [6, 6.07) is 3.51. The highest BCUT2D eigenvalue weighted by Crippen LogP contribution is 2.35. The second-order valence-corrected chi connectivity index (χ2v) is 6.28. The van der Waals surface area contributed by atoms with Gasteiger partial charge in [0.05, 0.1) is 14.2 Å². The smallest absolute Gasteiger partial charge is 0.242 e. The van der Waals surface area contributed by atoms with E-state index in [4.69, 9.17) is 9.47 Å². The summed E-state index contributed by atoms with van der Waals surface area (Å²) in [5, 5.41) is 6.30. The number of hydrogen-bond acceptors (Lipinski definition) is 4. The Balaban J connectivity index is 2.36. The number of carbonyl (C=O) groups excluding carboxylic acids is 1. The number of ether oxygens (including phenoxy) is 2. The maximum atomic E-state index is 12.5. The minimum atomic E-state index is -0.354. The number of rotatable bonds is 3. The Kier molecular flexibility index (Phi) is 4.42. The van der Waals surface area contributed by atoms with Crippen molar-refractivity contribution >= 4 is 5.91 Å². The van der Waals surface area contributed by atoms with Crippen LogP contribution in [-0.2, 0) is 11.2 Å². The first-order valence-electron chi connectivity index (χ1n) is 7.16. The third-order valence-corrected chi connectivity index (χ3v) is 3.46. The summed E-state index contributed by atoms with van der Waals surface area (Å²) in [5.41, 5.74) is 1.83. The predicted molar refractivity (Wildman–Crippen MR) is 81.9 cm³/mol. The maximum absolute atomic E-state index is 12.5. The number of nitrogens with one attached hydrogen (secondary N) is 2. The molecule has 21 heavy (non-hydrogen) atoms. The minimum absolute atomic E-state index is 0.0179. The molecule has 0 saturated carbocycles. The highest BCUT2D eigenvalue weighted by molar-refractivity contribution is 5.84. The van der Waals surface area contributed by atoms with Crippen LogP contribution in [0.2, 0.25) is 0 Å². The van der Waals surface area contributed by atoms with Crippen LogP contribution in [0.25, 0.3) is 0 Å². The van der Waals surface area contributed by atoms with Crippen LogP contribution in [0.15, 0.2) is 12.1 Å². The molecule has 0 saturated heterocycles. The van der Waals surface area contributed by atoms with E-state index < -0.39 is 0 Å². The summed E-state index contributed by atoms with van der Waals surface area (Å²) in [6.45, 7) is 6.69. The van der Waals surface area contributed by atoms with Gasteiger partial charge in [-0.3, -0.25) is 4.79 Å². The Morgan fingerprint density at radius 3 is 2.43 bits per heavy atom. The molecule has 0 aromatic heterocycles. The number of amides is 1. The zero-order chi connectivity index (χ0) is 15.6. The van der Waals surface area contributed by atoms with Crippen molar-refractivity contribution in [2.45, 2.75) is 38.8 Å². The van der Waals surface area contributed by atoms with Crippen LogP contribution in [-0.4, -0.2) is 32.2 Å². The molecule has 1 amide bonds. The van der Waals surface area contributed by atoms with E-state index >= 15 is 0 Å². The zero-order valence-electron chi connectivity index (χ0n) is 13.4. The molecule has 0 aliphatic carbocycles. The van der Waals surface area contributed by atoms with Crippen molar-refractivity contribution in [3.05, 3.63) is 23.3 Å². The average Bonchev–Trinajstić information content (AvgIpc) is 2.43. The molecule has 2 rings (SSSR count). The van der Waals surface area contributed by atoms with E-state index in [0.717, 1.165) is 24.1 Å². The van der Waals surface area contributed by atoms with Gasteiger partial charge in [-0.2, -0.15) is 0 Å². The van der Waals surface area contributed by atoms with Crippen LogP contribution in [0, 0.1) is 0 Å². The Morgan fingerprint density at radius 1 is 1.24 bits per heavy atom. The quantitative estimate of drug-likeness (QED) is 0.892.